The van der Waals surface area contributed by atoms with Crippen LogP contribution in [-0.4, -0.2) is 29.0 Å². The van der Waals surface area contributed by atoms with Crippen molar-refractivity contribution in [1.29, 1.82) is 0 Å². The molecule has 4 nitrogen and oxygen atoms in total. The van der Waals surface area contributed by atoms with E-state index in [2.05, 4.69) is 17.4 Å². The van der Waals surface area contributed by atoms with Crippen LogP contribution in [0.3, 0.4) is 0 Å². The molecule has 2 fully saturated rings. The van der Waals surface area contributed by atoms with Gasteiger partial charge in [-0.2, -0.15) is 16.7 Å². The molecule has 19 heavy (non-hydrogen) atoms. The average Bonchev–Trinajstić information content (AvgIpc) is 3.09. The van der Waals surface area contributed by atoms with Crippen molar-refractivity contribution in [2.75, 3.05) is 18.8 Å². The number of hydrogen-bond donors (Lipinski definition) is 1. The Balaban J connectivity index is 1.79. The molecule has 0 amide bonds. The highest BCUT2D eigenvalue weighted by Gasteiger charge is 2.40. The van der Waals surface area contributed by atoms with Crippen LogP contribution in [-0.2, 0) is 5.41 Å². The first kappa shape index (κ1) is 13.4. The van der Waals surface area contributed by atoms with Crippen molar-refractivity contribution in [3.8, 4) is 0 Å². The molecular formula is C14H23N3OS. The minimum Gasteiger partial charge on any atom is -0.339 e. The zero-order chi connectivity index (χ0) is 13.1. The Hall–Kier alpha value is -0.550. The smallest absolute Gasteiger partial charge is 0.234 e. The molecule has 2 aliphatic rings. The predicted octanol–water partition coefficient (Wildman–Crippen LogP) is 3.06. The Morgan fingerprint density at radius 1 is 1.47 bits per heavy atom. The normalized spacial score (nSPS) is 31.7. The molecule has 5 heteroatoms. The van der Waals surface area contributed by atoms with Gasteiger partial charge in [0.1, 0.15) is 0 Å². The van der Waals surface area contributed by atoms with Gasteiger partial charge in [-0.15, -0.1) is 0 Å². The Labute approximate surface area is 119 Å². The summed E-state index contributed by atoms with van der Waals surface area (Å²) in [6.45, 7) is 4.28. The predicted molar refractivity (Wildman–Crippen MR) is 77.4 cm³/mol. The lowest BCUT2D eigenvalue weighted by molar-refractivity contribution is 0.275. The van der Waals surface area contributed by atoms with Crippen molar-refractivity contribution in [1.82, 2.24) is 15.5 Å². The molecule has 1 aromatic rings. The summed E-state index contributed by atoms with van der Waals surface area (Å²) in [4.78, 5) is 4.77. The van der Waals surface area contributed by atoms with E-state index in [9.17, 15) is 0 Å². The Kier molecular flexibility index (Phi) is 4.12. The van der Waals surface area contributed by atoms with E-state index in [1.165, 1.54) is 25.0 Å². The van der Waals surface area contributed by atoms with Crippen LogP contribution in [0.4, 0.5) is 0 Å². The Morgan fingerprint density at radius 3 is 3.11 bits per heavy atom. The number of thioether (sulfide) groups is 1. The highest BCUT2D eigenvalue weighted by Crippen LogP contribution is 2.39. The third-order valence-electron chi connectivity index (χ3n) is 4.34. The number of rotatable bonds is 4. The van der Waals surface area contributed by atoms with E-state index in [-0.39, 0.29) is 5.41 Å². The van der Waals surface area contributed by atoms with Gasteiger partial charge in [-0.3, -0.25) is 0 Å². The second-order valence-corrected chi connectivity index (χ2v) is 7.08. The van der Waals surface area contributed by atoms with Gasteiger partial charge in [-0.25, -0.2) is 0 Å². The second kappa shape index (κ2) is 5.83. The molecule has 1 N–H and O–H groups in total. The topological polar surface area (TPSA) is 51.0 Å². The maximum absolute atomic E-state index is 5.64. The van der Waals surface area contributed by atoms with Gasteiger partial charge in [0.15, 0.2) is 5.82 Å². The lowest BCUT2D eigenvalue weighted by Crippen LogP contribution is -2.29. The zero-order valence-electron chi connectivity index (χ0n) is 11.7. The van der Waals surface area contributed by atoms with E-state index < -0.39 is 0 Å². The van der Waals surface area contributed by atoms with Crippen LogP contribution in [0.25, 0.3) is 0 Å². The highest BCUT2D eigenvalue weighted by molar-refractivity contribution is 7.99. The van der Waals surface area contributed by atoms with Crippen LogP contribution in [0.1, 0.15) is 62.4 Å². The Bertz CT molecular complexity index is 409. The molecule has 2 unspecified atom stereocenters. The van der Waals surface area contributed by atoms with Crippen LogP contribution >= 0.6 is 11.8 Å². The molecule has 2 saturated heterocycles. The molecule has 0 radical (unpaired) electrons. The molecule has 0 saturated carbocycles. The first-order valence-electron chi connectivity index (χ1n) is 7.50. The van der Waals surface area contributed by atoms with E-state index in [4.69, 9.17) is 9.51 Å². The van der Waals surface area contributed by atoms with E-state index in [1.807, 2.05) is 11.8 Å². The molecule has 0 aliphatic carbocycles. The molecule has 0 spiro atoms. The van der Waals surface area contributed by atoms with Gasteiger partial charge in [0, 0.05) is 6.54 Å². The van der Waals surface area contributed by atoms with Gasteiger partial charge in [-0.1, -0.05) is 24.9 Å². The van der Waals surface area contributed by atoms with Crippen molar-refractivity contribution in [3.05, 3.63) is 11.7 Å². The first-order chi connectivity index (χ1) is 9.34. The number of hydrogen-bond acceptors (Lipinski definition) is 5. The quantitative estimate of drug-likeness (QED) is 0.919. The van der Waals surface area contributed by atoms with Gasteiger partial charge < -0.3 is 9.84 Å². The fourth-order valence-electron chi connectivity index (χ4n) is 3.25. The zero-order valence-corrected chi connectivity index (χ0v) is 12.5. The van der Waals surface area contributed by atoms with Gasteiger partial charge in [-0.05, 0) is 38.0 Å². The summed E-state index contributed by atoms with van der Waals surface area (Å²) in [6, 6.07) is 0. The summed E-state index contributed by atoms with van der Waals surface area (Å²) in [5.41, 5.74) is 0.0966. The molecule has 2 aliphatic heterocycles. The standard InChI is InChI=1S/C14H23N3OS/c1-2-6-14(7-8-15-10-14)13-16-12(17-18-13)11-5-3-4-9-19-11/h11,15H,2-10H2,1H3. The molecule has 3 rings (SSSR count). The van der Waals surface area contributed by atoms with Gasteiger partial charge in [0.05, 0.1) is 10.7 Å². The summed E-state index contributed by atoms with van der Waals surface area (Å²) in [5.74, 6) is 3.04. The van der Waals surface area contributed by atoms with Gasteiger partial charge >= 0.3 is 0 Å². The van der Waals surface area contributed by atoms with E-state index >= 15 is 0 Å². The van der Waals surface area contributed by atoms with Crippen LogP contribution in [0.5, 0.6) is 0 Å². The largest absolute Gasteiger partial charge is 0.339 e. The maximum Gasteiger partial charge on any atom is 0.234 e. The molecular weight excluding hydrogens is 258 g/mol. The fourth-order valence-corrected chi connectivity index (χ4v) is 4.48. The van der Waals surface area contributed by atoms with Crippen molar-refractivity contribution in [2.24, 2.45) is 0 Å². The van der Waals surface area contributed by atoms with Crippen molar-refractivity contribution in [3.63, 3.8) is 0 Å². The first-order valence-corrected chi connectivity index (χ1v) is 8.55. The van der Waals surface area contributed by atoms with Crippen LogP contribution in [0.2, 0.25) is 0 Å². The highest BCUT2D eigenvalue weighted by atomic mass is 32.2. The van der Waals surface area contributed by atoms with Gasteiger partial charge in [0.25, 0.3) is 0 Å². The summed E-state index contributed by atoms with van der Waals surface area (Å²) in [6.07, 6.45) is 7.25. The van der Waals surface area contributed by atoms with Gasteiger partial charge in [0.2, 0.25) is 5.89 Å². The monoisotopic (exact) mass is 281 g/mol. The van der Waals surface area contributed by atoms with Crippen molar-refractivity contribution >= 4 is 11.8 Å². The molecule has 1 aromatic heterocycles. The van der Waals surface area contributed by atoms with Crippen LogP contribution < -0.4 is 5.32 Å². The van der Waals surface area contributed by atoms with Crippen molar-refractivity contribution in [2.45, 2.75) is 56.1 Å². The second-order valence-electron chi connectivity index (χ2n) is 5.77. The van der Waals surface area contributed by atoms with Crippen molar-refractivity contribution < 1.29 is 4.52 Å². The minimum absolute atomic E-state index is 0.0966. The third kappa shape index (κ3) is 2.68. The fraction of sp³-hybridized carbons (Fsp3) is 0.857. The van der Waals surface area contributed by atoms with Crippen LogP contribution in [0, 0.1) is 0 Å². The number of nitrogens with zero attached hydrogens (tertiary/aromatic N) is 2. The van der Waals surface area contributed by atoms with E-state index in [0.717, 1.165) is 44.1 Å². The molecule has 2 atom stereocenters. The molecule has 106 valence electrons. The van der Waals surface area contributed by atoms with E-state index in [1.54, 1.807) is 0 Å². The summed E-state index contributed by atoms with van der Waals surface area (Å²) in [7, 11) is 0. The summed E-state index contributed by atoms with van der Waals surface area (Å²) in [5, 5.41) is 8.19. The lowest BCUT2D eigenvalue weighted by Gasteiger charge is -2.22. The number of nitrogens with one attached hydrogen (secondary N) is 1. The summed E-state index contributed by atoms with van der Waals surface area (Å²) < 4.78 is 5.64. The molecule has 0 bridgehead atoms. The molecule has 0 aromatic carbocycles. The minimum atomic E-state index is 0.0966. The van der Waals surface area contributed by atoms with E-state index in [0.29, 0.717) is 5.25 Å². The summed E-state index contributed by atoms with van der Waals surface area (Å²) >= 11 is 1.98. The van der Waals surface area contributed by atoms with Crippen LogP contribution in [0.15, 0.2) is 4.52 Å². The lowest BCUT2D eigenvalue weighted by atomic mass is 9.82. The number of aromatic nitrogens is 2. The average molecular weight is 281 g/mol. The Morgan fingerprint density at radius 2 is 2.42 bits per heavy atom. The maximum atomic E-state index is 5.64. The third-order valence-corrected chi connectivity index (χ3v) is 5.71. The molecule has 3 heterocycles. The SMILES string of the molecule is CCCC1(c2nc(C3CCCCS3)no2)CCNC1.